The summed E-state index contributed by atoms with van der Waals surface area (Å²) < 4.78 is 2.26. The molecule has 0 aliphatic carbocycles. The number of carbonyl (C=O) groups is 1. The number of nitrogens with one attached hydrogen (secondary N) is 2. The number of amides is 1. The molecule has 1 aromatic heterocycles. The molecular weight excluding hydrogens is 356 g/mol. The number of nitrogens with zero attached hydrogens (tertiary/aromatic N) is 2. The molecular formula is C21H24N4OS. The first kappa shape index (κ1) is 19.0. The van der Waals surface area contributed by atoms with Crippen LogP contribution in [0.5, 0.6) is 0 Å². The molecule has 0 aliphatic rings. The van der Waals surface area contributed by atoms with Gasteiger partial charge in [-0.05, 0) is 36.2 Å². The van der Waals surface area contributed by atoms with Gasteiger partial charge in [0, 0.05) is 6.42 Å². The highest BCUT2D eigenvalue weighted by molar-refractivity contribution is 7.71. The van der Waals surface area contributed by atoms with E-state index < -0.39 is 0 Å². The topological polar surface area (TPSA) is 62.7 Å². The predicted molar refractivity (Wildman–Crippen MR) is 109 cm³/mol. The van der Waals surface area contributed by atoms with Crippen LogP contribution < -0.4 is 5.32 Å². The summed E-state index contributed by atoms with van der Waals surface area (Å²) in [5.41, 5.74) is 2.26. The average molecular weight is 381 g/mol. The summed E-state index contributed by atoms with van der Waals surface area (Å²) in [6.07, 6.45) is 2.46. The molecule has 0 saturated carbocycles. The van der Waals surface area contributed by atoms with Crippen LogP contribution in [0.1, 0.15) is 36.3 Å². The van der Waals surface area contributed by atoms with Gasteiger partial charge in [0.15, 0.2) is 4.77 Å². The first-order chi connectivity index (χ1) is 13.2. The van der Waals surface area contributed by atoms with E-state index in [4.69, 9.17) is 12.2 Å². The maximum Gasteiger partial charge on any atom is 0.240 e. The number of hydrogen-bond donors (Lipinski definition) is 2. The van der Waals surface area contributed by atoms with Crippen LogP contribution in [0.2, 0.25) is 0 Å². The molecule has 6 heteroatoms. The van der Waals surface area contributed by atoms with Gasteiger partial charge in [-0.3, -0.25) is 14.5 Å². The lowest BCUT2D eigenvalue weighted by Crippen LogP contribution is -2.33. The van der Waals surface area contributed by atoms with Gasteiger partial charge >= 0.3 is 0 Å². The molecule has 0 spiro atoms. The molecule has 0 radical (unpaired) electrons. The molecule has 2 aromatic carbocycles. The Morgan fingerprint density at radius 3 is 2.48 bits per heavy atom. The summed E-state index contributed by atoms with van der Waals surface area (Å²) in [6.45, 7) is 2.25. The third-order valence-electron chi connectivity index (χ3n) is 4.43. The third-order valence-corrected chi connectivity index (χ3v) is 4.74. The van der Waals surface area contributed by atoms with Gasteiger partial charge in [-0.2, -0.15) is 5.10 Å². The summed E-state index contributed by atoms with van der Waals surface area (Å²) in [4.78, 5) is 12.8. The van der Waals surface area contributed by atoms with Crippen molar-refractivity contribution in [3.8, 4) is 0 Å². The number of aromatic amines is 1. The van der Waals surface area contributed by atoms with E-state index in [2.05, 4.69) is 34.6 Å². The van der Waals surface area contributed by atoms with E-state index in [0.717, 1.165) is 30.7 Å². The van der Waals surface area contributed by atoms with Crippen LogP contribution >= 0.6 is 12.2 Å². The minimum Gasteiger partial charge on any atom is -0.347 e. The highest BCUT2D eigenvalue weighted by Crippen LogP contribution is 2.18. The number of aryl methyl sites for hydroxylation is 1. The van der Waals surface area contributed by atoms with E-state index in [1.807, 2.05) is 48.5 Å². The van der Waals surface area contributed by atoms with E-state index in [1.165, 1.54) is 5.56 Å². The molecule has 140 valence electrons. The largest absolute Gasteiger partial charge is 0.347 e. The fraction of sp³-hybridized carbons (Fsp3) is 0.286. The molecule has 0 saturated heterocycles. The lowest BCUT2D eigenvalue weighted by atomic mass is 9.99. The Kier molecular flexibility index (Phi) is 6.54. The minimum atomic E-state index is -0.100. The Labute approximate surface area is 164 Å². The quantitative estimate of drug-likeness (QED) is 0.581. The second-order valence-electron chi connectivity index (χ2n) is 6.50. The molecule has 3 aromatic rings. The van der Waals surface area contributed by atoms with Crippen molar-refractivity contribution in [2.45, 2.75) is 38.8 Å². The number of aromatic nitrogens is 3. The summed E-state index contributed by atoms with van der Waals surface area (Å²) >= 11 is 5.28. The van der Waals surface area contributed by atoms with Crippen molar-refractivity contribution in [2.24, 2.45) is 0 Å². The minimum absolute atomic E-state index is 0.0744. The SMILES string of the molecule is CCCc1n[nH]c(=S)n1CC(=O)NC(Cc1ccccc1)c1ccccc1. The molecule has 1 amide bonds. The van der Waals surface area contributed by atoms with Crippen molar-refractivity contribution >= 4 is 18.1 Å². The van der Waals surface area contributed by atoms with E-state index >= 15 is 0 Å². The average Bonchev–Trinajstić information content (AvgIpc) is 3.03. The van der Waals surface area contributed by atoms with Crippen LogP contribution in [0, 0.1) is 4.77 Å². The summed E-state index contributed by atoms with van der Waals surface area (Å²) in [6, 6.07) is 20.1. The van der Waals surface area contributed by atoms with Gasteiger partial charge in [-0.15, -0.1) is 0 Å². The van der Waals surface area contributed by atoms with Crippen molar-refractivity contribution in [2.75, 3.05) is 0 Å². The summed E-state index contributed by atoms with van der Waals surface area (Å²) in [7, 11) is 0. The van der Waals surface area contributed by atoms with E-state index in [9.17, 15) is 4.79 Å². The lowest BCUT2D eigenvalue weighted by Gasteiger charge is -2.20. The van der Waals surface area contributed by atoms with Crippen molar-refractivity contribution < 1.29 is 4.79 Å². The van der Waals surface area contributed by atoms with Crippen LogP contribution in [0.3, 0.4) is 0 Å². The standard InChI is InChI=1S/C21H24N4OS/c1-2-9-19-23-24-21(27)25(19)15-20(26)22-18(17-12-7-4-8-13-17)14-16-10-5-3-6-11-16/h3-8,10-13,18H,2,9,14-15H2,1H3,(H,22,26)(H,24,27). The zero-order valence-corrected chi connectivity index (χ0v) is 16.2. The molecule has 2 N–H and O–H groups in total. The van der Waals surface area contributed by atoms with Gasteiger partial charge in [0.25, 0.3) is 0 Å². The van der Waals surface area contributed by atoms with Gasteiger partial charge in [-0.1, -0.05) is 67.6 Å². The van der Waals surface area contributed by atoms with Crippen molar-refractivity contribution in [3.05, 3.63) is 82.4 Å². The number of hydrogen-bond acceptors (Lipinski definition) is 3. The Balaban J connectivity index is 1.77. The summed E-state index contributed by atoms with van der Waals surface area (Å²) in [5, 5.41) is 10.2. The Morgan fingerprint density at radius 2 is 1.81 bits per heavy atom. The maximum atomic E-state index is 12.8. The second-order valence-corrected chi connectivity index (χ2v) is 6.89. The molecule has 0 bridgehead atoms. The highest BCUT2D eigenvalue weighted by Gasteiger charge is 2.17. The van der Waals surface area contributed by atoms with Crippen molar-refractivity contribution in [1.82, 2.24) is 20.1 Å². The monoisotopic (exact) mass is 380 g/mol. The molecule has 0 aliphatic heterocycles. The van der Waals surface area contributed by atoms with Crippen LogP contribution in [0.15, 0.2) is 60.7 Å². The van der Waals surface area contributed by atoms with Crippen molar-refractivity contribution in [1.29, 1.82) is 0 Å². The smallest absolute Gasteiger partial charge is 0.240 e. The fourth-order valence-corrected chi connectivity index (χ4v) is 3.31. The molecule has 1 unspecified atom stereocenters. The van der Waals surface area contributed by atoms with E-state index in [1.54, 1.807) is 4.57 Å². The number of H-pyrrole nitrogens is 1. The van der Waals surface area contributed by atoms with Gasteiger partial charge < -0.3 is 5.32 Å². The molecule has 1 atom stereocenters. The first-order valence-corrected chi connectivity index (χ1v) is 9.60. The van der Waals surface area contributed by atoms with Crippen LogP contribution in [0.25, 0.3) is 0 Å². The van der Waals surface area contributed by atoms with Gasteiger partial charge in [-0.25, -0.2) is 0 Å². The van der Waals surface area contributed by atoms with Crippen LogP contribution in [-0.4, -0.2) is 20.7 Å². The third kappa shape index (κ3) is 5.14. The van der Waals surface area contributed by atoms with Gasteiger partial charge in [0.05, 0.1) is 6.04 Å². The van der Waals surface area contributed by atoms with Crippen molar-refractivity contribution in [3.63, 3.8) is 0 Å². The van der Waals surface area contributed by atoms with Gasteiger partial charge in [0.1, 0.15) is 12.4 Å². The zero-order chi connectivity index (χ0) is 19.1. The molecule has 1 heterocycles. The molecule has 5 nitrogen and oxygen atoms in total. The van der Waals surface area contributed by atoms with Crippen LogP contribution in [-0.2, 0) is 24.2 Å². The first-order valence-electron chi connectivity index (χ1n) is 9.19. The maximum absolute atomic E-state index is 12.8. The summed E-state index contributed by atoms with van der Waals surface area (Å²) in [5.74, 6) is 0.742. The number of rotatable bonds is 8. The number of benzene rings is 2. The second kappa shape index (κ2) is 9.28. The Bertz CT molecular complexity index is 918. The lowest BCUT2D eigenvalue weighted by molar-refractivity contribution is -0.122. The zero-order valence-electron chi connectivity index (χ0n) is 15.4. The van der Waals surface area contributed by atoms with E-state index in [-0.39, 0.29) is 18.5 Å². The van der Waals surface area contributed by atoms with E-state index in [0.29, 0.717) is 4.77 Å². The Morgan fingerprint density at radius 1 is 1.15 bits per heavy atom. The number of carbonyl (C=O) groups excluding carboxylic acids is 1. The molecule has 0 fully saturated rings. The van der Waals surface area contributed by atoms with Gasteiger partial charge in [0.2, 0.25) is 5.91 Å². The fourth-order valence-electron chi connectivity index (χ4n) is 3.10. The Hall–Kier alpha value is -2.73. The molecule has 3 rings (SSSR count). The normalized spacial score (nSPS) is 11.9. The molecule has 27 heavy (non-hydrogen) atoms. The van der Waals surface area contributed by atoms with Crippen LogP contribution in [0.4, 0.5) is 0 Å². The predicted octanol–water partition coefficient (Wildman–Crippen LogP) is 3.99. The highest BCUT2D eigenvalue weighted by atomic mass is 32.1.